The fourth-order valence-electron chi connectivity index (χ4n) is 2.09. The lowest BCUT2D eigenvalue weighted by molar-refractivity contribution is -0.139. The van der Waals surface area contributed by atoms with E-state index in [1.54, 1.807) is 12.3 Å². The summed E-state index contributed by atoms with van der Waals surface area (Å²) in [5.74, 6) is -0.755. The number of aliphatic imine (C=N–C) groups is 1. The molecule has 0 bridgehead atoms. The second-order valence-corrected chi connectivity index (χ2v) is 10.2. The number of esters is 1. The van der Waals surface area contributed by atoms with Crippen molar-refractivity contribution in [1.82, 2.24) is 10.2 Å². The van der Waals surface area contributed by atoms with Crippen LogP contribution in [-0.4, -0.2) is 61.5 Å². The first-order valence-corrected chi connectivity index (χ1v) is 12.9. The van der Waals surface area contributed by atoms with Crippen molar-refractivity contribution >= 4 is 56.2 Å². The number of alkyl halides is 3. The highest BCUT2D eigenvalue weighted by molar-refractivity contribution is 7.98. The van der Waals surface area contributed by atoms with Crippen LogP contribution in [0.15, 0.2) is 44.9 Å². The molecule has 15 heteroatoms. The van der Waals surface area contributed by atoms with Gasteiger partial charge >= 0.3 is 12.1 Å². The minimum Gasteiger partial charge on any atom is -0.453 e. The van der Waals surface area contributed by atoms with E-state index >= 15 is 0 Å². The van der Waals surface area contributed by atoms with Crippen molar-refractivity contribution in [1.29, 1.82) is 0 Å². The number of aromatic nitrogens is 2. The van der Waals surface area contributed by atoms with Crippen LogP contribution in [0.1, 0.15) is 5.01 Å². The summed E-state index contributed by atoms with van der Waals surface area (Å²) in [7, 11) is -3.50. The summed E-state index contributed by atoms with van der Waals surface area (Å²) < 4.78 is 67.5. The highest BCUT2D eigenvalue weighted by Gasteiger charge is 2.36. The van der Waals surface area contributed by atoms with Crippen LogP contribution in [0.25, 0.3) is 10.6 Å². The van der Waals surface area contributed by atoms with E-state index in [0.717, 1.165) is 17.6 Å². The van der Waals surface area contributed by atoms with Gasteiger partial charge in [-0.15, -0.1) is 22.0 Å². The van der Waals surface area contributed by atoms with Gasteiger partial charge in [-0.1, -0.05) is 35.1 Å². The minimum atomic E-state index is -4.95. The number of thioether (sulfide) groups is 1. The minimum absolute atomic E-state index is 0.0245. The molecule has 2 aromatic rings. The van der Waals surface area contributed by atoms with Crippen LogP contribution < -0.4 is 5.73 Å². The zero-order valence-corrected chi connectivity index (χ0v) is 19.7. The number of carbonyl (C=O) groups is 1. The first-order valence-electron chi connectivity index (χ1n) is 8.40. The number of halogens is 4. The zero-order chi connectivity index (χ0) is 24.1. The molecule has 32 heavy (non-hydrogen) atoms. The monoisotopic (exact) mass is 528 g/mol. The van der Waals surface area contributed by atoms with Crippen molar-refractivity contribution in [3.05, 3.63) is 40.0 Å². The predicted octanol–water partition coefficient (Wildman–Crippen LogP) is 3.23. The Morgan fingerprint density at radius 1 is 1.34 bits per heavy atom. The highest BCUT2D eigenvalue weighted by Crippen LogP contribution is 2.31. The van der Waals surface area contributed by atoms with Gasteiger partial charge in [0.05, 0.1) is 9.93 Å². The molecule has 0 spiro atoms. The highest BCUT2D eigenvalue weighted by atomic mass is 35.5. The van der Waals surface area contributed by atoms with Crippen LogP contribution in [0, 0.1) is 0 Å². The standard InChI is InChI=1S/C17H16ClF3N4O4S3/c1-30-8-29-11(26)7-23-13(12(18)14(22)17(19,20)21)16-25-24-15(31-16)9-4-3-5-10(6-9)32(2,27)28/h3-6H,7-8,22H2,1-2H3. The largest absolute Gasteiger partial charge is 0.453 e. The van der Waals surface area contributed by atoms with Gasteiger partial charge in [-0.05, 0) is 18.4 Å². The Bertz CT molecular complexity index is 1160. The Morgan fingerprint density at radius 2 is 2.03 bits per heavy atom. The molecule has 0 aliphatic rings. The first-order chi connectivity index (χ1) is 14.8. The van der Waals surface area contributed by atoms with Crippen LogP contribution >= 0.6 is 34.7 Å². The van der Waals surface area contributed by atoms with E-state index in [4.69, 9.17) is 22.1 Å². The molecular formula is C17H16ClF3N4O4S3. The number of rotatable bonds is 8. The molecule has 1 heterocycles. The Hall–Kier alpha value is -2.16. The predicted molar refractivity (Wildman–Crippen MR) is 117 cm³/mol. The quantitative estimate of drug-likeness (QED) is 0.314. The molecule has 0 aliphatic carbocycles. The number of benzene rings is 1. The van der Waals surface area contributed by atoms with Crippen molar-refractivity contribution in [3.63, 3.8) is 0 Å². The third kappa shape index (κ3) is 6.92. The van der Waals surface area contributed by atoms with Crippen molar-refractivity contribution < 1.29 is 31.1 Å². The van der Waals surface area contributed by atoms with Gasteiger partial charge in [0.1, 0.15) is 28.9 Å². The van der Waals surface area contributed by atoms with E-state index in [0.29, 0.717) is 5.56 Å². The van der Waals surface area contributed by atoms with Gasteiger partial charge in [-0.3, -0.25) is 9.79 Å². The summed E-state index contributed by atoms with van der Waals surface area (Å²) in [6.07, 6.45) is -2.23. The summed E-state index contributed by atoms with van der Waals surface area (Å²) >= 11 is 7.87. The van der Waals surface area contributed by atoms with Crippen molar-refractivity contribution in [3.8, 4) is 10.6 Å². The number of carbonyl (C=O) groups excluding carboxylic acids is 1. The number of ether oxygens (including phenoxy) is 1. The Labute approximate surface area is 194 Å². The zero-order valence-electron chi connectivity index (χ0n) is 16.5. The lowest BCUT2D eigenvalue weighted by Gasteiger charge is -2.10. The second kappa shape index (κ2) is 10.6. The fraction of sp³-hybridized carbons (Fsp3) is 0.294. The third-order valence-corrected chi connectivity index (χ3v) is 6.42. The summed E-state index contributed by atoms with van der Waals surface area (Å²) in [6.45, 7) is -0.629. The number of hydrogen-bond donors (Lipinski definition) is 1. The van der Waals surface area contributed by atoms with Gasteiger partial charge in [0, 0.05) is 11.8 Å². The lowest BCUT2D eigenvalue weighted by atomic mass is 10.2. The Morgan fingerprint density at radius 3 is 2.62 bits per heavy atom. The van der Waals surface area contributed by atoms with Crippen LogP contribution in [0.5, 0.6) is 0 Å². The average molecular weight is 529 g/mol. The first kappa shape index (κ1) is 26.1. The Kier molecular flexibility index (Phi) is 8.67. The van der Waals surface area contributed by atoms with Crippen LogP contribution in [0.2, 0.25) is 0 Å². The number of hydrogen-bond acceptors (Lipinski definition) is 10. The van der Waals surface area contributed by atoms with Crippen molar-refractivity contribution in [2.45, 2.75) is 11.1 Å². The normalized spacial score (nSPS) is 13.6. The maximum atomic E-state index is 13.1. The molecule has 2 rings (SSSR count). The number of sulfone groups is 1. The molecule has 1 aromatic heterocycles. The van der Waals surface area contributed by atoms with Gasteiger partial charge in [0.25, 0.3) is 0 Å². The van der Waals surface area contributed by atoms with Gasteiger partial charge in [-0.2, -0.15) is 13.2 Å². The second-order valence-electron chi connectivity index (χ2n) is 6.03. The van der Waals surface area contributed by atoms with Crippen molar-refractivity contribution in [2.75, 3.05) is 25.0 Å². The van der Waals surface area contributed by atoms with Gasteiger partial charge in [0.2, 0.25) is 0 Å². The SMILES string of the molecule is CSCOC(=O)CN=C(C(Cl)=C(N)C(F)(F)F)c1nnc(-c2cccc(S(C)(=O)=O)c2)s1. The molecule has 0 aliphatic heterocycles. The maximum Gasteiger partial charge on any atom is 0.432 e. The molecule has 0 amide bonds. The molecule has 0 saturated carbocycles. The number of nitrogens with two attached hydrogens (primary N) is 1. The molecule has 1 aromatic carbocycles. The molecular weight excluding hydrogens is 513 g/mol. The maximum absolute atomic E-state index is 13.1. The molecule has 0 radical (unpaired) electrons. The van der Waals surface area contributed by atoms with Crippen LogP contribution in [-0.2, 0) is 19.4 Å². The number of allylic oxidation sites excluding steroid dienone is 2. The number of nitrogens with zero attached hydrogens (tertiary/aromatic N) is 3. The lowest BCUT2D eigenvalue weighted by Crippen LogP contribution is -2.23. The van der Waals surface area contributed by atoms with E-state index in [9.17, 15) is 26.4 Å². The van der Waals surface area contributed by atoms with Gasteiger partial charge in [0.15, 0.2) is 14.8 Å². The molecule has 0 saturated heterocycles. The van der Waals surface area contributed by atoms with Crippen LogP contribution in [0.3, 0.4) is 0 Å². The van der Waals surface area contributed by atoms with E-state index in [-0.39, 0.29) is 20.8 Å². The van der Waals surface area contributed by atoms with E-state index in [1.807, 2.05) is 0 Å². The summed E-state index contributed by atoms with van der Waals surface area (Å²) in [4.78, 5) is 15.6. The van der Waals surface area contributed by atoms with E-state index in [1.165, 1.54) is 30.0 Å². The molecule has 2 N–H and O–H groups in total. The summed E-state index contributed by atoms with van der Waals surface area (Å²) in [5, 5.41) is 6.77. The van der Waals surface area contributed by atoms with Crippen molar-refractivity contribution in [2.24, 2.45) is 10.7 Å². The van der Waals surface area contributed by atoms with Gasteiger partial charge in [-0.25, -0.2) is 8.42 Å². The summed E-state index contributed by atoms with van der Waals surface area (Å²) in [6, 6.07) is 5.77. The molecule has 0 fully saturated rings. The molecule has 174 valence electrons. The fourth-order valence-corrected chi connectivity index (χ4v) is 4.18. The smallest absolute Gasteiger partial charge is 0.432 e. The third-order valence-electron chi connectivity index (χ3n) is 3.59. The topological polar surface area (TPSA) is 125 Å². The van der Waals surface area contributed by atoms with E-state index in [2.05, 4.69) is 15.2 Å². The van der Waals surface area contributed by atoms with E-state index < -0.39 is 45.0 Å². The Balaban J connectivity index is 2.50. The van der Waals surface area contributed by atoms with Crippen LogP contribution in [0.4, 0.5) is 13.2 Å². The molecule has 0 atom stereocenters. The average Bonchev–Trinajstić information content (AvgIpc) is 3.20. The summed E-state index contributed by atoms with van der Waals surface area (Å²) in [5.41, 5.74) is 3.36. The van der Waals surface area contributed by atoms with Gasteiger partial charge < -0.3 is 10.5 Å². The molecule has 8 nitrogen and oxygen atoms in total. The molecule has 0 unspecified atom stereocenters.